The Balaban J connectivity index is 1.80. The summed E-state index contributed by atoms with van der Waals surface area (Å²) in [7, 11) is 0. The fraction of sp³-hybridized carbons (Fsp3) is 0.667. The molecule has 0 aliphatic heterocycles. The van der Waals surface area contributed by atoms with E-state index in [0.717, 1.165) is 29.9 Å². The van der Waals surface area contributed by atoms with Gasteiger partial charge in [-0.1, -0.05) is 13.8 Å². The minimum atomic E-state index is -0.872. The van der Waals surface area contributed by atoms with Crippen molar-refractivity contribution in [2.75, 3.05) is 0 Å². The van der Waals surface area contributed by atoms with Crippen LogP contribution in [0.1, 0.15) is 49.8 Å². The van der Waals surface area contributed by atoms with Gasteiger partial charge in [-0.15, -0.1) is 23.2 Å². The Morgan fingerprint density at radius 2 is 2.05 bits per heavy atom. The first-order valence-corrected chi connectivity index (χ1v) is 7.71. The van der Waals surface area contributed by atoms with E-state index in [0.29, 0.717) is 6.42 Å². The molecule has 0 aromatic carbocycles. The van der Waals surface area contributed by atoms with Crippen molar-refractivity contribution in [3.63, 3.8) is 0 Å². The molecule has 2 atom stereocenters. The molecule has 1 aromatic rings. The number of hydrogen-bond donors (Lipinski definition) is 1. The molecule has 1 saturated carbocycles. The number of furan rings is 1. The third-order valence-corrected chi connectivity index (χ3v) is 5.03. The summed E-state index contributed by atoms with van der Waals surface area (Å²) in [6, 6.07) is 2.01. The fourth-order valence-corrected chi connectivity index (χ4v) is 3.59. The van der Waals surface area contributed by atoms with Gasteiger partial charge in [0.2, 0.25) is 5.91 Å². The largest absolute Gasteiger partial charge is 0.466 e. The first kappa shape index (κ1) is 14.3. The van der Waals surface area contributed by atoms with Crippen LogP contribution in [-0.4, -0.2) is 10.2 Å². The molecular weight excluding hydrogens is 297 g/mol. The maximum absolute atomic E-state index is 12.2. The number of aryl methyl sites for hydroxylation is 1. The van der Waals surface area contributed by atoms with Gasteiger partial charge in [-0.3, -0.25) is 4.79 Å². The third-order valence-electron chi connectivity index (χ3n) is 4.20. The molecule has 3 nitrogen and oxygen atoms in total. The molecule has 1 heterocycles. The van der Waals surface area contributed by atoms with Crippen molar-refractivity contribution >= 4 is 29.1 Å². The van der Waals surface area contributed by atoms with Gasteiger partial charge in [0.1, 0.15) is 15.9 Å². The summed E-state index contributed by atoms with van der Waals surface area (Å²) in [5.41, 5.74) is 1.21. The summed E-state index contributed by atoms with van der Waals surface area (Å²) >= 11 is 11.9. The van der Waals surface area contributed by atoms with Crippen LogP contribution in [0.15, 0.2) is 10.5 Å². The smallest absolute Gasteiger partial charge is 0.226 e. The van der Waals surface area contributed by atoms with Crippen LogP contribution in [-0.2, 0) is 11.2 Å². The van der Waals surface area contributed by atoms with Gasteiger partial charge in [0, 0.05) is 12.0 Å². The van der Waals surface area contributed by atoms with E-state index in [4.69, 9.17) is 27.6 Å². The number of rotatable bonds is 2. The Bertz CT molecular complexity index is 562. The molecule has 110 valence electrons. The molecule has 20 heavy (non-hydrogen) atoms. The van der Waals surface area contributed by atoms with Crippen LogP contribution in [0.4, 0.5) is 0 Å². The van der Waals surface area contributed by atoms with Crippen molar-refractivity contribution in [2.45, 2.75) is 50.4 Å². The van der Waals surface area contributed by atoms with E-state index in [1.54, 1.807) is 0 Å². The summed E-state index contributed by atoms with van der Waals surface area (Å²) < 4.78 is 4.90. The van der Waals surface area contributed by atoms with E-state index < -0.39 is 4.33 Å². The van der Waals surface area contributed by atoms with E-state index in [1.807, 2.05) is 13.0 Å². The summed E-state index contributed by atoms with van der Waals surface area (Å²) in [6.07, 6.45) is 2.34. The number of carbonyl (C=O) groups is 1. The van der Waals surface area contributed by atoms with Crippen LogP contribution in [0.25, 0.3) is 0 Å². The molecule has 2 unspecified atom stereocenters. The minimum absolute atomic E-state index is 0.0107. The number of amides is 1. The Hall–Kier alpha value is -0.670. The van der Waals surface area contributed by atoms with Gasteiger partial charge < -0.3 is 9.73 Å². The average Bonchev–Trinajstić information content (AvgIpc) is 2.75. The van der Waals surface area contributed by atoms with E-state index in [9.17, 15) is 4.79 Å². The van der Waals surface area contributed by atoms with E-state index in [1.165, 1.54) is 0 Å². The molecule has 0 radical (unpaired) electrons. The normalized spacial score (nSPS) is 29.6. The summed E-state index contributed by atoms with van der Waals surface area (Å²) in [4.78, 5) is 12.2. The number of fused-ring (bicyclic) bond motifs is 1. The Morgan fingerprint density at radius 3 is 2.65 bits per heavy atom. The lowest BCUT2D eigenvalue weighted by Gasteiger charge is -2.34. The topological polar surface area (TPSA) is 42.2 Å². The Labute approximate surface area is 129 Å². The molecule has 2 aliphatic rings. The lowest BCUT2D eigenvalue weighted by atomic mass is 9.74. The number of carbonyl (C=O) groups excluding carboxylic acids is 1. The molecular formula is C15H19Cl2NO2. The van der Waals surface area contributed by atoms with E-state index >= 15 is 0 Å². The highest BCUT2D eigenvalue weighted by atomic mass is 35.5. The summed E-state index contributed by atoms with van der Waals surface area (Å²) in [5, 5.41) is 3.09. The zero-order chi connectivity index (χ0) is 14.7. The van der Waals surface area contributed by atoms with Gasteiger partial charge in [-0.05, 0) is 31.2 Å². The van der Waals surface area contributed by atoms with Gasteiger partial charge in [0.15, 0.2) is 0 Å². The quantitative estimate of drug-likeness (QED) is 0.841. The molecule has 0 saturated heterocycles. The number of nitrogens with one attached hydrogen (secondary N) is 1. The van der Waals surface area contributed by atoms with Crippen molar-refractivity contribution in [2.24, 2.45) is 11.3 Å². The Morgan fingerprint density at radius 1 is 1.40 bits per heavy atom. The van der Waals surface area contributed by atoms with Crippen molar-refractivity contribution in [3.8, 4) is 0 Å². The van der Waals surface area contributed by atoms with Crippen LogP contribution in [0.5, 0.6) is 0 Å². The Kier molecular flexibility index (Phi) is 3.15. The standard InChI is InChI=1S/C15H19Cl2NO2/c1-8-4-9-11(6-14(2,3)7-12(9)20-8)18-13(19)10-5-15(10,16)17/h4,10-11H,5-7H2,1-3H3,(H,18,19). The second-order valence-corrected chi connectivity index (χ2v) is 8.40. The minimum Gasteiger partial charge on any atom is -0.466 e. The van der Waals surface area contributed by atoms with Crippen LogP contribution in [0.2, 0.25) is 0 Å². The van der Waals surface area contributed by atoms with Gasteiger partial charge >= 0.3 is 0 Å². The predicted octanol–water partition coefficient (Wildman–Crippen LogP) is 3.91. The van der Waals surface area contributed by atoms with Crippen LogP contribution < -0.4 is 5.32 Å². The molecule has 1 aromatic heterocycles. The van der Waals surface area contributed by atoms with Gasteiger partial charge in [-0.25, -0.2) is 0 Å². The highest BCUT2D eigenvalue weighted by Crippen LogP contribution is 2.53. The molecule has 1 N–H and O–H groups in total. The van der Waals surface area contributed by atoms with Crippen molar-refractivity contribution < 1.29 is 9.21 Å². The number of halogens is 2. The van der Waals surface area contributed by atoms with Crippen LogP contribution in [0, 0.1) is 18.3 Å². The molecule has 1 amide bonds. The van der Waals surface area contributed by atoms with Crippen LogP contribution >= 0.6 is 23.2 Å². The second-order valence-electron chi connectivity index (χ2n) is 6.86. The number of hydrogen-bond acceptors (Lipinski definition) is 2. The first-order chi connectivity index (χ1) is 9.18. The SMILES string of the molecule is Cc1cc2c(o1)CC(C)(C)CC2NC(=O)C1CC1(Cl)Cl. The predicted molar refractivity (Wildman–Crippen MR) is 79.0 cm³/mol. The molecule has 3 rings (SSSR count). The van der Waals surface area contributed by atoms with Gasteiger partial charge in [-0.2, -0.15) is 0 Å². The van der Waals surface area contributed by atoms with Gasteiger partial charge in [0.25, 0.3) is 0 Å². The lowest BCUT2D eigenvalue weighted by molar-refractivity contribution is -0.123. The average molecular weight is 316 g/mol. The van der Waals surface area contributed by atoms with Gasteiger partial charge in [0.05, 0.1) is 12.0 Å². The highest BCUT2D eigenvalue weighted by molar-refractivity contribution is 6.52. The third kappa shape index (κ3) is 2.58. The number of alkyl halides is 2. The molecule has 0 bridgehead atoms. The molecule has 0 spiro atoms. The second kappa shape index (κ2) is 4.41. The summed E-state index contributed by atoms with van der Waals surface area (Å²) in [5.74, 6) is 1.54. The van der Waals surface area contributed by atoms with Crippen LogP contribution in [0.3, 0.4) is 0 Å². The highest BCUT2D eigenvalue weighted by Gasteiger charge is 2.56. The molecule has 2 aliphatic carbocycles. The molecule has 5 heteroatoms. The van der Waals surface area contributed by atoms with Crippen molar-refractivity contribution in [3.05, 3.63) is 23.2 Å². The molecule has 1 fully saturated rings. The maximum Gasteiger partial charge on any atom is 0.226 e. The van der Waals surface area contributed by atoms with Crippen molar-refractivity contribution in [1.29, 1.82) is 0 Å². The van der Waals surface area contributed by atoms with Crippen molar-refractivity contribution in [1.82, 2.24) is 5.32 Å². The van der Waals surface area contributed by atoms with E-state index in [2.05, 4.69) is 19.2 Å². The zero-order valence-electron chi connectivity index (χ0n) is 11.9. The maximum atomic E-state index is 12.2. The monoisotopic (exact) mass is 315 g/mol. The first-order valence-electron chi connectivity index (χ1n) is 6.95. The lowest BCUT2D eigenvalue weighted by Crippen LogP contribution is -2.37. The van der Waals surface area contributed by atoms with E-state index in [-0.39, 0.29) is 23.3 Å². The zero-order valence-corrected chi connectivity index (χ0v) is 13.4. The fourth-order valence-electron chi connectivity index (χ4n) is 3.08. The summed E-state index contributed by atoms with van der Waals surface area (Å²) in [6.45, 7) is 6.32.